The van der Waals surface area contributed by atoms with Crippen LogP contribution in [0.3, 0.4) is 0 Å². The number of carbonyl (C=O) groups is 5. The van der Waals surface area contributed by atoms with Crippen molar-refractivity contribution >= 4 is 41.1 Å². The number of Topliss-reactive ketones (excluding diaryl/α,β-unsaturated/α-hetero) is 2. The average Bonchev–Trinajstić information content (AvgIpc) is 2.85. The average molecular weight is 535 g/mol. The van der Waals surface area contributed by atoms with Crippen molar-refractivity contribution in [2.45, 2.75) is 65.3 Å². The molecule has 0 aliphatic carbocycles. The van der Waals surface area contributed by atoms with Gasteiger partial charge in [0.15, 0.2) is 5.78 Å². The molecule has 206 valence electrons. The molecule has 0 unspecified atom stereocenters. The highest BCUT2D eigenvalue weighted by Crippen LogP contribution is 2.19. The van der Waals surface area contributed by atoms with Crippen LogP contribution in [0.25, 0.3) is 0 Å². The molecule has 0 radical (unpaired) electrons. The maximum atomic E-state index is 13.5. The quantitative estimate of drug-likeness (QED) is 0.277. The van der Waals surface area contributed by atoms with E-state index in [2.05, 4.69) is 15.4 Å². The SMILES string of the molecule is COC(=O)CCNC(=O)[C@@H](CC(=O)[C@H](CC(C)C)NC(=O)[C@H](CCSC)CC(C)=O)Cc1ccccc1. The number of hydrogen-bond acceptors (Lipinski definition) is 7. The van der Waals surface area contributed by atoms with Gasteiger partial charge in [-0.3, -0.25) is 19.2 Å². The third-order valence-corrected chi connectivity index (χ3v) is 6.63. The third kappa shape index (κ3) is 13.4. The highest BCUT2D eigenvalue weighted by molar-refractivity contribution is 7.98. The van der Waals surface area contributed by atoms with Crippen LogP contribution in [0.5, 0.6) is 0 Å². The molecule has 3 atom stereocenters. The Balaban J connectivity index is 3.03. The van der Waals surface area contributed by atoms with E-state index in [4.69, 9.17) is 0 Å². The molecular weight excluding hydrogens is 492 g/mol. The molecule has 9 heteroatoms. The molecule has 0 aromatic heterocycles. The first-order valence-electron chi connectivity index (χ1n) is 12.8. The lowest BCUT2D eigenvalue weighted by atomic mass is 9.88. The van der Waals surface area contributed by atoms with E-state index in [0.717, 1.165) is 11.3 Å². The molecule has 0 heterocycles. The second-order valence-electron chi connectivity index (χ2n) is 9.75. The Morgan fingerprint density at radius 1 is 0.973 bits per heavy atom. The van der Waals surface area contributed by atoms with E-state index >= 15 is 0 Å². The highest BCUT2D eigenvalue weighted by Gasteiger charge is 2.30. The van der Waals surface area contributed by atoms with Crippen LogP contribution in [-0.2, 0) is 35.1 Å². The number of carbonyl (C=O) groups excluding carboxylic acids is 5. The van der Waals surface area contributed by atoms with Crippen LogP contribution < -0.4 is 10.6 Å². The first-order valence-corrected chi connectivity index (χ1v) is 14.2. The van der Waals surface area contributed by atoms with E-state index < -0.39 is 23.8 Å². The Kier molecular flexibility index (Phi) is 15.5. The summed E-state index contributed by atoms with van der Waals surface area (Å²) in [4.78, 5) is 62.7. The largest absolute Gasteiger partial charge is 0.469 e. The molecule has 0 aliphatic rings. The normalized spacial score (nSPS) is 13.4. The number of ketones is 2. The summed E-state index contributed by atoms with van der Waals surface area (Å²) in [7, 11) is 1.28. The van der Waals surface area contributed by atoms with Crippen molar-refractivity contribution in [2.24, 2.45) is 17.8 Å². The second kappa shape index (κ2) is 17.7. The number of thioether (sulfide) groups is 1. The van der Waals surface area contributed by atoms with E-state index in [1.54, 1.807) is 11.8 Å². The maximum Gasteiger partial charge on any atom is 0.307 e. The van der Waals surface area contributed by atoms with Crippen molar-refractivity contribution in [3.05, 3.63) is 35.9 Å². The van der Waals surface area contributed by atoms with Crippen LogP contribution in [0.2, 0.25) is 0 Å². The number of hydrogen-bond donors (Lipinski definition) is 2. The maximum absolute atomic E-state index is 13.5. The Morgan fingerprint density at radius 2 is 1.65 bits per heavy atom. The number of ether oxygens (including phenoxy) is 1. The zero-order valence-corrected chi connectivity index (χ0v) is 23.5. The molecule has 0 aliphatic heterocycles. The van der Waals surface area contributed by atoms with Gasteiger partial charge in [0.2, 0.25) is 11.8 Å². The number of rotatable bonds is 18. The van der Waals surface area contributed by atoms with Crippen molar-refractivity contribution in [1.29, 1.82) is 0 Å². The van der Waals surface area contributed by atoms with E-state index in [-0.39, 0.29) is 55.1 Å². The summed E-state index contributed by atoms with van der Waals surface area (Å²) in [6.07, 6.45) is 3.38. The monoisotopic (exact) mass is 534 g/mol. The molecule has 1 aromatic carbocycles. The van der Waals surface area contributed by atoms with Gasteiger partial charge in [0.1, 0.15) is 5.78 Å². The van der Waals surface area contributed by atoms with Gasteiger partial charge in [-0.15, -0.1) is 0 Å². The Hall–Kier alpha value is -2.68. The molecule has 1 aromatic rings. The molecular formula is C28H42N2O6S. The topological polar surface area (TPSA) is 119 Å². The van der Waals surface area contributed by atoms with Gasteiger partial charge in [0.25, 0.3) is 0 Å². The van der Waals surface area contributed by atoms with Crippen molar-refractivity contribution in [2.75, 3.05) is 25.7 Å². The number of benzene rings is 1. The van der Waals surface area contributed by atoms with Crippen LogP contribution in [0.4, 0.5) is 0 Å². The van der Waals surface area contributed by atoms with Gasteiger partial charge < -0.3 is 20.2 Å². The second-order valence-corrected chi connectivity index (χ2v) is 10.7. The molecule has 0 spiro atoms. The molecule has 8 nitrogen and oxygen atoms in total. The van der Waals surface area contributed by atoms with Gasteiger partial charge in [-0.2, -0.15) is 11.8 Å². The molecule has 0 fully saturated rings. The van der Waals surface area contributed by atoms with Crippen molar-refractivity contribution in [1.82, 2.24) is 10.6 Å². The summed E-state index contributed by atoms with van der Waals surface area (Å²) < 4.78 is 4.62. The van der Waals surface area contributed by atoms with E-state index in [1.165, 1.54) is 14.0 Å². The minimum absolute atomic E-state index is 0.0356. The van der Waals surface area contributed by atoms with E-state index in [0.29, 0.717) is 19.3 Å². The summed E-state index contributed by atoms with van der Waals surface area (Å²) in [6, 6.07) is 8.65. The van der Waals surface area contributed by atoms with Crippen molar-refractivity contribution < 1.29 is 28.7 Å². The lowest BCUT2D eigenvalue weighted by Gasteiger charge is -2.25. The van der Waals surface area contributed by atoms with E-state index in [1.807, 2.05) is 50.4 Å². The number of amides is 2. The van der Waals surface area contributed by atoms with Gasteiger partial charge in [0, 0.05) is 31.2 Å². The zero-order valence-electron chi connectivity index (χ0n) is 22.7. The summed E-state index contributed by atoms with van der Waals surface area (Å²) >= 11 is 1.60. The van der Waals surface area contributed by atoms with Crippen LogP contribution in [-0.4, -0.2) is 61.1 Å². The predicted molar refractivity (Wildman–Crippen MR) is 146 cm³/mol. The van der Waals surface area contributed by atoms with Gasteiger partial charge in [-0.25, -0.2) is 0 Å². The molecule has 0 saturated heterocycles. The minimum Gasteiger partial charge on any atom is -0.469 e. The fourth-order valence-electron chi connectivity index (χ4n) is 4.04. The summed E-state index contributed by atoms with van der Waals surface area (Å²) in [5, 5.41) is 5.63. The third-order valence-electron chi connectivity index (χ3n) is 5.99. The Labute approximate surface area is 225 Å². The lowest BCUT2D eigenvalue weighted by molar-refractivity contribution is -0.140. The van der Waals surface area contributed by atoms with Crippen molar-refractivity contribution in [3.63, 3.8) is 0 Å². The van der Waals surface area contributed by atoms with Gasteiger partial charge in [-0.05, 0) is 49.7 Å². The summed E-state index contributed by atoms with van der Waals surface area (Å²) in [6.45, 7) is 5.50. The standard InChI is InChI=1S/C28H42N2O6S/c1-19(2)15-24(30-28(35)22(12-14-37-5)16-20(3)31)25(32)18-23(17-21-9-7-6-8-10-21)27(34)29-13-11-26(33)36-4/h6-10,19,22-24H,11-18H2,1-5H3,(H,29,34)(H,30,35)/t22-,23-,24+/m1/s1. The molecule has 37 heavy (non-hydrogen) atoms. The summed E-state index contributed by atoms with van der Waals surface area (Å²) in [5.74, 6) is -1.64. The first kappa shape index (κ1) is 32.3. The number of esters is 1. The molecule has 1 rings (SSSR count). The van der Waals surface area contributed by atoms with E-state index in [9.17, 15) is 24.0 Å². The molecule has 2 amide bonds. The summed E-state index contributed by atoms with van der Waals surface area (Å²) in [5.41, 5.74) is 0.909. The van der Waals surface area contributed by atoms with Gasteiger partial charge >= 0.3 is 5.97 Å². The number of methoxy groups -OCH3 is 1. The van der Waals surface area contributed by atoms with Crippen LogP contribution >= 0.6 is 11.8 Å². The van der Waals surface area contributed by atoms with Gasteiger partial charge in [0.05, 0.1) is 19.6 Å². The molecule has 2 N–H and O–H groups in total. The molecule has 0 bridgehead atoms. The first-order chi connectivity index (χ1) is 17.6. The fourth-order valence-corrected chi connectivity index (χ4v) is 4.56. The zero-order chi connectivity index (χ0) is 27.8. The predicted octanol–water partition coefficient (Wildman–Crippen LogP) is 3.36. The fraction of sp³-hybridized carbons (Fsp3) is 0.607. The number of nitrogens with one attached hydrogen (secondary N) is 2. The van der Waals surface area contributed by atoms with Crippen LogP contribution in [0.15, 0.2) is 30.3 Å². The van der Waals surface area contributed by atoms with Crippen molar-refractivity contribution in [3.8, 4) is 0 Å². The van der Waals surface area contributed by atoms with Crippen LogP contribution in [0.1, 0.15) is 58.4 Å². The van der Waals surface area contributed by atoms with Crippen LogP contribution in [0, 0.1) is 17.8 Å². The molecule has 0 saturated carbocycles. The lowest BCUT2D eigenvalue weighted by Crippen LogP contribution is -2.46. The minimum atomic E-state index is -0.752. The smallest absolute Gasteiger partial charge is 0.307 e. The highest BCUT2D eigenvalue weighted by atomic mass is 32.2. The Bertz CT molecular complexity index is 890. The Morgan fingerprint density at radius 3 is 2.22 bits per heavy atom. The van der Waals surface area contributed by atoms with Gasteiger partial charge in [-0.1, -0.05) is 44.2 Å².